The number of halogens is 1. The van der Waals surface area contributed by atoms with Gasteiger partial charge in [-0.15, -0.1) is 35.3 Å². The number of thiazole rings is 1. The number of rotatable bonds is 7. The maximum Gasteiger partial charge on any atom is 0.191 e. The zero-order valence-corrected chi connectivity index (χ0v) is 19.2. The molecule has 1 aromatic heterocycles. The van der Waals surface area contributed by atoms with Crippen molar-refractivity contribution in [2.45, 2.75) is 45.8 Å². The Morgan fingerprint density at radius 2 is 1.92 bits per heavy atom. The first-order valence-electron chi connectivity index (χ1n) is 7.71. The van der Waals surface area contributed by atoms with Crippen LogP contribution in [0.2, 0.25) is 0 Å². The largest absolute Gasteiger partial charge is 0.357 e. The molecule has 6 nitrogen and oxygen atoms in total. The lowest BCUT2D eigenvalue weighted by atomic mass is 10.2. The van der Waals surface area contributed by atoms with Gasteiger partial charge in [-0.25, -0.2) is 13.4 Å². The van der Waals surface area contributed by atoms with Crippen LogP contribution >= 0.6 is 35.3 Å². The standard InChI is InChI=1S/C15H28N4O2S2.HI/c1-7-16-14(18-10-15(4,5)23(6,20)21)17-9-8-13-19-11(2)12(3)22-13;/h7-10H2,1-6H3,(H2,16,17,18);1H. The number of aryl methyl sites for hydroxylation is 2. The minimum Gasteiger partial charge on any atom is -0.357 e. The number of hydrogen-bond acceptors (Lipinski definition) is 5. The number of hydrogen-bond donors (Lipinski definition) is 2. The zero-order chi connectivity index (χ0) is 17.7. The molecule has 0 aliphatic heterocycles. The van der Waals surface area contributed by atoms with Crippen LogP contribution in [0.25, 0.3) is 0 Å². The molecule has 0 saturated carbocycles. The van der Waals surface area contributed by atoms with Crippen LogP contribution in [0.3, 0.4) is 0 Å². The Morgan fingerprint density at radius 3 is 2.38 bits per heavy atom. The summed E-state index contributed by atoms with van der Waals surface area (Å²) in [5.41, 5.74) is 1.08. The second-order valence-corrected chi connectivity index (χ2v) is 10.1. The summed E-state index contributed by atoms with van der Waals surface area (Å²) >= 11 is 1.71. The molecule has 0 bridgehead atoms. The second-order valence-electron chi connectivity index (χ2n) is 6.15. The van der Waals surface area contributed by atoms with Crippen LogP contribution in [0, 0.1) is 13.8 Å². The van der Waals surface area contributed by atoms with E-state index >= 15 is 0 Å². The summed E-state index contributed by atoms with van der Waals surface area (Å²) in [7, 11) is -3.15. The van der Waals surface area contributed by atoms with E-state index in [0.717, 1.165) is 23.7 Å². The van der Waals surface area contributed by atoms with Crippen molar-refractivity contribution in [3.63, 3.8) is 0 Å². The molecule has 1 heterocycles. The van der Waals surface area contributed by atoms with E-state index in [9.17, 15) is 8.42 Å². The molecule has 0 amide bonds. The molecule has 0 saturated heterocycles. The fourth-order valence-corrected chi connectivity index (χ4v) is 2.89. The Balaban J connectivity index is 0.00000529. The van der Waals surface area contributed by atoms with Crippen LogP contribution < -0.4 is 10.6 Å². The monoisotopic (exact) mass is 488 g/mol. The molecule has 0 aliphatic carbocycles. The Morgan fingerprint density at radius 1 is 1.29 bits per heavy atom. The molecule has 0 fully saturated rings. The summed E-state index contributed by atoms with van der Waals surface area (Å²) in [6.45, 7) is 11.1. The van der Waals surface area contributed by atoms with Gasteiger partial charge in [0.15, 0.2) is 15.8 Å². The first-order valence-corrected chi connectivity index (χ1v) is 10.4. The van der Waals surface area contributed by atoms with Crippen molar-refractivity contribution in [2.75, 3.05) is 25.9 Å². The third-order valence-electron chi connectivity index (χ3n) is 3.67. The molecular formula is C15H29IN4O2S2. The highest BCUT2D eigenvalue weighted by Gasteiger charge is 2.29. The number of aromatic nitrogens is 1. The minimum atomic E-state index is -3.15. The van der Waals surface area contributed by atoms with E-state index in [0.29, 0.717) is 12.5 Å². The molecule has 1 rings (SSSR count). The van der Waals surface area contributed by atoms with Crippen molar-refractivity contribution in [2.24, 2.45) is 4.99 Å². The fraction of sp³-hybridized carbons (Fsp3) is 0.733. The summed E-state index contributed by atoms with van der Waals surface area (Å²) in [6, 6.07) is 0. The molecule has 2 N–H and O–H groups in total. The van der Waals surface area contributed by atoms with Gasteiger partial charge in [0, 0.05) is 30.6 Å². The number of nitrogens with one attached hydrogen (secondary N) is 2. The maximum absolute atomic E-state index is 11.7. The van der Waals surface area contributed by atoms with Gasteiger partial charge in [0.05, 0.1) is 22.0 Å². The van der Waals surface area contributed by atoms with E-state index < -0.39 is 14.6 Å². The lowest BCUT2D eigenvalue weighted by molar-refractivity contribution is 0.554. The summed E-state index contributed by atoms with van der Waals surface area (Å²) in [6.07, 6.45) is 2.06. The number of guanidine groups is 1. The van der Waals surface area contributed by atoms with Gasteiger partial charge in [-0.05, 0) is 34.6 Å². The average Bonchev–Trinajstić information content (AvgIpc) is 2.74. The molecule has 0 spiro atoms. The van der Waals surface area contributed by atoms with E-state index in [1.54, 1.807) is 25.2 Å². The SMILES string of the molecule is CCNC(=NCC(C)(C)S(C)(=O)=O)NCCc1nc(C)c(C)s1.I. The minimum absolute atomic E-state index is 0. The molecule has 0 radical (unpaired) electrons. The lowest BCUT2D eigenvalue weighted by Gasteiger charge is -2.21. The molecule has 0 aliphatic rings. The highest BCUT2D eigenvalue weighted by atomic mass is 127. The number of aliphatic imine (C=N–C) groups is 1. The Labute approximate surface area is 166 Å². The quantitative estimate of drug-likeness (QED) is 0.350. The van der Waals surface area contributed by atoms with Crippen LogP contribution in [0.1, 0.15) is 36.3 Å². The summed E-state index contributed by atoms with van der Waals surface area (Å²) < 4.78 is 22.6. The van der Waals surface area contributed by atoms with E-state index in [1.165, 1.54) is 11.1 Å². The molecule has 0 unspecified atom stereocenters. The summed E-state index contributed by atoms with van der Waals surface area (Å²) in [4.78, 5) is 10.2. The topological polar surface area (TPSA) is 83.5 Å². The van der Waals surface area contributed by atoms with Gasteiger partial charge in [-0.2, -0.15) is 0 Å². The molecule has 9 heteroatoms. The summed E-state index contributed by atoms with van der Waals surface area (Å²) in [5.74, 6) is 0.634. The van der Waals surface area contributed by atoms with Gasteiger partial charge in [0.1, 0.15) is 0 Å². The molecule has 0 aromatic carbocycles. The average molecular weight is 488 g/mol. The number of sulfone groups is 1. The van der Waals surface area contributed by atoms with Gasteiger partial charge in [-0.1, -0.05) is 0 Å². The Kier molecular flexibility index (Phi) is 9.73. The van der Waals surface area contributed by atoms with Gasteiger partial charge in [-0.3, -0.25) is 4.99 Å². The molecular weight excluding hydrogens is 459 g/mol. The van der Waals surface area contributed by atoms with Crippen LogP contribution in [0.5, 0.6) is 0 Å². The van der Waals surface area contributed by atoms with Crippen LogP contribution in [0.4, 0.5) is 0 Å². The van der Waals surface area contributed by atoms with Crippen molar-refractivity contribution in [3.05, 3.63) is 15.6 Å². The lowest BCUT2D eigenvalue weighted by Crippen LogP contribution is -2.41. The first kappa shape index (κ1) is 23.6. The van der Waals surface area contributed by atoms with E-state index in [4.69, 9.17) is 0 Å². The van der Waals surface area contributed by atoms with Crippen molar-refractivity contribution in [1.82, 2.24) is 15.6 Å². The predicted octanol–water partition coefficient (Wildman–Crippen LogP) is 2.30. The van der Waals surface area contributed by atoms with E-state index in [1.807, 2.05) is 13.8 Å². The summed E-state index contributed by atoms with van der Waals surface area (Å²) in [5, 5.41) is 7.47. The number of nitrogens with zero attached hydrogens (tertiary/aromatic N) is 2. The highest BCUT2D eigenvalue weighted by molar-refractivity contribution is 14.0. The Bertz CT molecular complexity index is 635. The van der Waals surface area contributed by atoms with Crippen molar-refractivity contribution < 1.29 is 8.42 Å². The predicted molar refractivity (Wildman–Crippen MR) is 114 cm³/mol. The zero-order valence-electron chi connectivity index (χ0n) is 15.3. The van der Waals surface area contributed by atoms with Crippen LogP contribution in [0.15, 0.2) is 4.99 Å². The van der Waals surface area contributed by atoms with E-state index in [-0.39, 0.29) is 30.5 Å². The molecule has 24 heavy (non-hydrogen) atoms. The van der Waals surface area contributed by atoms with E-state index in [2.05, 4.69) is 27.5 Å². The maximum atomic E-state index is 11.7. The first-order chi connectivity index (χ1) is 10.6. The van der Waals surface area contributed by atoms with Gasteiger partial charge < -0.3 is 10.6 Å². The third kappa shape index (κ3) is 7.22. The molecule has 0 atom stereocenters. The van der Waals surface area contributed by atoms with Crippen molar-refractivity contribution in [3.8, 4) is 0 Å². The highest BCUT2D eigenvalue weighted by Crippen LogP contribution is 2.16. The van der Waals surface area contributed by atoms with Crippen LogP contribution in [-0.4, -0.2) is 50.0 Å². The normalized spacial score (nSPS) is 12.7. The second kappa shape index (κ2) is 9.91. The third-order valence-corrected chi connectivity index (χ3v) is 6.94. The van der Waals surface area contributed by atoms with Gasteiger partial charge in [0.25, 0.3) is 0 Å². The van der Waals surface area contributed by atoms with Crippen LogP contribution in [-0.2, 0) is 16.3 Å². The van der Waals surface area contributed by atoms with Crippen molar-refractivity contribution >= 4 is 51.1 Å². The van der Waals surface area contributed by atoms with Gasteiger partial charge in [0.2, 0.25) is 0 Å². The molecule has 140 valence electrons. The van der Waals surface area contributed by atoms with Gasteiger partial charge >= 0.3 is 0 Å². The molecule has 1 aromatic rings. The Hall–Kier alpha value is -0.420. The smallest absolute Gasteiger partial charge is 0.191 e. The fourth-order valence-electron chi connectivity index (χ4n) is 1.66. The van der Waals surface area contributed by atoms with Crippen molar-refractivity contribution in [1.29, 1.82) is 0 Å².